The highest BCUT2D eigenvalue weighted by Gasteiger charge is 2.16. The highest BCUT2D eigenvalue weighted by Crippen LogP contribution is 2.30. The third-order valence-electron chi connectivity index (χ3n) is 4.54. The zero-order chi connectivity index (χ0) is 22.7. The predicted octanol–water partition coefficient (Wildman–Crippen LogP) is 3.51. The van der Waals surface area contributed by atoms with Gasteiger partial charge in [0.1, 0.15) is 5.39 Å². The topological polar surface area (TPSA) is 111 Å². The molecule has 0 fully saturated rings. The Morgan fingerprint density at radius 3 is 2.62 bits per heavy atom. The van der Waals surface area contributed by atoms with E-state index < -0.39 is 0 Å². The second kappa shape index (κ2) is 9.33. The maximum Gasteiger partial charge on any atom is 0.269 e. The first-order valence-corrected chi connectivity index (χ1v) is 10.7. The lowest BCUT2D eigenvalue weighted by molar-refractivity contribution is -0.113. The molecule has 0 saturated heterocycles. The standard InChI is InChI=1S/C21H18ClN5O4S/c1-30-16-8-5-13(9-17(16)31-2)24-18(28)11-32-21-25-19-15(10-23-26-19)20(29)27(21)14-6-3-12(22)4-7-14/h3-10H,11H2,1-2H3,(H,23,26)(H,24,28). The minimum Gasteiger partial charge on any atom is -0.493 e. The normalized spacial score (nSPS) is 10.8. The summed E-state index contributed by atoms with van der Waals surface area (Å²) in [7, 11) is 3.06. The van der Waals surface area contributed by atoms with Crippen LogP contribution in [0.5, 0.6) is 11.5 Å². The third-order valence-corrected chi connectivity index (χ3v) is 5.73. The molecule has 2 aromatic carbocycles. The molecule has 2 aromatic heterocycles. The number of hydrogen-bond donors (Lipinski definition) is 2. The molecule has 0 saturated carbocycles. The Labute approximate surface area is 191 Å². The second-order valence-corrected chi connectivity index (χ2v) is 7.93. The average Bonchev–Trinajstić information content (AvgIpc) is 3.27. The van der Waals surface area contributed by atoms with Crippen molar-refractivity contribution < 1.29 is 14.3 Å². The number of halogens is 1. The molecule has 9 nitrogen and oxygen atoms in total. The summed E-state index contributed by atoms with van der Waals surface area (Å²) in [6.07, 6.45) is 1.43. The van der Waals surface area contributed by atoms with Crippen molar-refractivity contribution in [3.05, 3.63) is 64.0 Å². The number of fused-ring (bicyclic) bond motifs is 1. The monoisotopic (exact) mass is 471 g/mol. The van der Waals surface area contributed by atoms with Gasteiger partial charge in [0.25, 0.3) is 5.56 Å². The molecular weight excluding hydrogens is 454 g/mol. The van der Waals surface area contributed by atoms with E-state index in [4.69, 9.17) is 21.1 Å². The third kappa shape index (κ3) is 4.41. The molecule has 11 heteroatoms. The van der Waals surface area contributed by atoms with Gasteiger partial charge in [0.15, 0.2) is 22.3 Å². The van der Waals surface area contributed by atoms with E-state index in [1.54, 1.807) is 42.5 Å². The smallest absolute Gasteiger partial charge is 0.269 e. The summed E-state index contributed by atoms with van der Waals surface area (Å²) in [6.45, 7) is 0. The SMILES string of the molecule is COc1ccc(NC(=O)CSc2nc3[nH]ncc3c(=O)n2-c2ccc(Cl)cc2)cc1OC. The predicted molar refractivity (Wildman–Crippen MR) is 123 cm³/mol. The maximum atomic E-state index is 13.1. The number of benzene rings is 2. The Kier molecular flexibility index (Phi) is 6.33. The molecule has 1 amide bonds. The van der Waals surface area contributed by atoms with Crippen molar-refractivity contribution in [3.8, 4) is 17.2 Å². The Bertz CT molecular complexity index is 1340. The molecule has 0 radical (unpaired) electrons. The first-order valence-electron chi connectivity index (χ1n) is 9.37. The van der Waals surface area contributed by atoms with Crippen LogP contribution < -0.4 is 20.3 Å². The summed E-state index contributed by atoms with van der Waals surface area (Å²) in [6, 6.07) is 11.9. The molecule has 0 spiro atoms. The summed E-state index contributed by atoms with van der Waals surface area (Å²) in [5, 5.41) is 10.6. The van der Waals surface area contributed by atoms with Crippen molar-refractivity contribution in [2.24, 2.45) is 0 Å². The van der Waals surface area contributed by atoms with Crippen LogP contribution in [0.1, 0.15) is 0 Å². The molecule has 0 aliphatic heterocycles. The minimum absolute atomic E-state index is 0.0218. The number of amides is 1. The van der Waals surface area contributed by atoms with Crippen molar-refractivity contribution in [3.63, 3.8) is 0 Å². The van der Waals surface area contributed by atoms with Crippen molar-refractivity contribution in [1.29, 1.82) is 0 Å². The summed E-state index contributed by atoms with van der Waals surface area (Å²) in [5.41, 5.74) is 1.19. The van der Waals surface area contributed by atoms with Crippen LogP contribution in [0.3, 0.4) is 0 Å². The van der Waals surface area contributed by atoms with Crippen molar-refractivity contribution in [2.45, 2.75) is 5.16 Å². The van der Waals surface area contributed by atoms with Gasteiger partial charge in [-0.1, -0.05) is 23.4 Å². The number of carbonyl (C=O) groups is 1. The molecule has 0 aliphatic rings. The van der Waals surface area contributed by atoms with Crippen LogP contribution in [0.25, 0.3) is 16.7 Å². The van der Waals surface area contributed by atoms with Crippen molar-refractivity contribution >= 4 is 46.0 Å². The number of thioether (sulfide) groups is 1. The average molecular weight is 472 g/mol. The fourth-order valence-corrected chi connectivity index (χ4v) is 3.96. The fourth-order valence-electron chi connectivity index (χ4n) is 3.03. The zero-order valence-corrected chi connectivity index (χ0v) is 18.7. The van der Waals surface area contributed by atoms with Crippen LogP contribution >= 0.6 is 23.4 Å². The number of rotatable bonds is 7. The van der Waals surface area contributed by atoms with E-state index in [0.717, 1.165) is 11.8 Å². The van der Waals surface area contributed by atoms with Gasteiger partial charge in [-0.3, -0.25) is 19.3 Å². The van der Waals surface area contributed by atoms with E-state index in [9.17, 15) is 9.59 Å². The number of aromatic amines is 1. The van der Waals surface area contributed by atoms with Crippen LogP contribution in [0, 0.1) is 0 Å². The molecule has 0 unspecified atom stereocenters. The quantitative estimate of drug-likeness (QED) is 0.313. The van der Waals surface area contributed by atoms with Gasteiger partial charge in [-0.2, -0.15) is 5.10 Å². The number of H-pyrrole nitrogens is 1. The van der Waals surface area contributed by atoms with E-state index in [2.05, 4.69) is 20.5 Å². The lowest BCUT2D eigenvalue weighted by Crippen LogP contribution is -2.22. The Morgan fingerprint density at radius 1 is 1.16 bits per heavy atom. The minimum atomic E-state index is -0.297. The van der Waals surface area contributed by atoms with Gasteiger partial charge in [0, 0.05) is 16.8 Å². The molecule has 0 atom stereocenters. The highest BCUT2D eigenvalue weighted by atomic mass is 35.5. The van der Waals surface area contributed by atoms with Crippen LogP contribution in [0.4, 0.5) is 5.69 Å². The van der Waals surface area contributed by atoms with Gasteiger partial charge in [-0.15, -0.1) is 0 Å². The maximum absolute atomic E-state index is 13.1. The van der Waals surface area contributed by atoms with Crippen molar-refractivity contribution in [1.82, 2.24) is 19.7 Å². The molecule has 32 heavy (non-hydrogen) atoms. The number of nitrogens with zero attached hydrogens (tertiary/aromatic N) is 3. The first-order chi connectivity index (χ1) is 15.5. The molecule has 2 heterocycles. The number of aromatic nitrogens is 4. The first kappa shape index (κ1) is 21.7. The fraction of sp³-hybridized carbons (Fsp3) is 0.143. The number of nitrogens with one attached hydrogen (secondary N) is 2. The molecule has 4 rings (SSSR count). The molecule has 0 bridgehead atoms. The van der Waals surface area contributed by atoms with Crippen molar-refractivity contribution in [2.75, 3.05) is 25.3 Å². The van der Waals surface area contributed by atoms with E-state index in [0.29, 0.717) is 44.1 Å². The molecule has 2 N–H and O–H groups in total. The highest BCUT2D eigenvalue weighted by molar-refractivity contribution is 7.99. The zero-order valence-electron chi connectivity index (χ0n) is 17.1. The molecular formula is C21H18ClN5O4S. The Morgan fingerprint density at radius 2 is 1.91 bits per heavy atom. The second-order valence-electron chi connectivity index (χ2n) is 6.55. The summed E-state index contributed by atoms with van der Waals surface area (Å²) in [4.78, 5) is 30.1. The van der Waals surface area contributed by atoms with E-state index >= 15 is 0 Å². The van der Waals surface area contributed by atoms with E-state index in [-0.39, 0.29) is 17.2 Å². The Balaban J connectivity index is 1.59. The number of methoxy groups -OCH3 is 2. The summed E-state index contributed by atoms with van der Waals surface area (Å²) in [5.74, 6) is 0.808. The number of ether oxygens (including phenoxy) is 2. The molecule has 164 valence electrons. The number of carbonyl (C=O) groups excluding carboxylic acids is 1. The molecule has 0 aliphatic carbocycles. The molecule has 4 aromatic rings. The van der Waals surface area contributed by atoms with Crippen LogP contribution in [0.15, 0.2) is 58.6 Å². The Hall–Kier alpha value is -3.50. The van der Waals surface area contributed by atoms with Gasteiger partial charge < -0.3 is 14.8 Å². The van der Waals surface area contributed by atoms with Crippen LogP contribution in [0.2, 0.25) is 5.02 Å². The van der Waals surface area contributed by atoms with Gasteiger partial charge in [-0.05, 0) is 36.4 Å². The van der Waals surface area contributed by atoms with Gasteiger partial charge in [-0.25, -0.2) is 4.98 Å². The van der Waals surface area contributed by atoms with Crippen LogP contribution in [-0.4, -0.2) is 45.6 Å². The van der Waals surface area contributed by atoms with Gasteiger partial charge >= 0.3 is 0 Å². The summed E-state index contributed by atoms with van der Waals surface area (Å²) < 4.78 is 11.9. The number of anilines is 1. The van der Waals surface area contributed by atoms with Gasteiger partial charge in [0.2, 0.25) is 5.91 Å². The van der Waals surface area contributed by atoms with Crippen LogP contribution in [-0.2, 0) is 4.79 Å². The number of hydrogen-bond acceptors (Lipinski definition) is 7. The summed E-state index contributed by atoms with van der Waals surface area (Å²) >= 11 is 7.11. The van der Waals surface area contributed by atoms with Gasteiger partial charge in [0.05, 0.1) is 31.9 Å². The largest absolute Gasteiger partial charge is 0.493 e. The van der Waals surface area contributed by atoms with E-state index in [1.165, 1.54) is 25.0 Å². The lowest BCUT2D eigenvalue weighted by atomic mass is 10.2. The lowest BCUT2D eigenvalue weighted by Gasteiger charge is -2.13. The van der Waals surface area contributed by atoms with E-state index in [1.807, 2.05) is 0 Å².